The van der Waals surface area contributed by atoms with E-state index in [1.807, 2.05) is 0 Å². The van der Waals surface area contributed by atoms with Crippen LogP contribution in [-0.4, -0.2) is 22.4 Å². The lowest BCUT2D eigenvalue weighted by molar-refractivity contribution is 0.0953. The molecule has 1 aromatic heterocycles. The molecule has 1 amide bonds. The van der Waals surface area contributed by atoms with E-state index in [9.17, 15) is 9.59 Å². The molecule has 2 heterocycles. The summed E-state index contributed by atoms with van der Waals surface area (Å²) in [6.45, 7) is 2.73. The third kappa shape index (κ3) is 3.19. The average Bonchev–Trinajstić information content (AvgIpc) is 2.53. The zero-order valence-electron chi connectivity index (χ0n) is 12.7. The minimum absolute atomic E-state index is 0.117. The van der Waals surface area contributed by atoms with Gasteiger partial charge in [0.2, 0.25) is 5.88 Å². The zero-order chi connectivity index (χ0) is 16.4. The van der Waals surface area contributed by atoms with Crippen molar-refractivity contribution in [2.75, 3.05) is 6.54 Å². The summed E-state index contributed by atoms with van der Waals surface area (Å²) in [5, 5.41) is 2.88. The molecular formula is C16H17N3O3S. The highest BCUT2D eigenvalue weighted by molar-refractivity contribution is 7.71. The summed E-state index contributed by atoms with van der Waals surface area (Å²) < 4.78 is 5.92. The Morgan fingerprint density at radius 2 is 2.22 bits per heavy atom. The van der Waals surface area contributed by atoms with E-state index in [0.29, 0.717) is 35.7 Å². The number of hydrogen-bond acceptors (Lipinski definition) is 4. The van der Waals surface area contributed by atoms with Gasteiger partial charge in [-0.2, -0.15) is 0 Å². The molecule has 23 heavy (non-hydrogen) atoms. The molecule has 1 aliphatic rings. The highest BCUT2D eigenvalue weighted by Crippen LogP contribution is 2.33. The number of H-pyrrole nitrogens is 2. The molecule has 0 unspecified atom stereocenters. The van der Waals surface area contributed by atoms with Crippen molar-refractivity contribution in [3.8, 4) is 11.6 Å². The van der Waals surface area contributed by atoms with Gasteiger partial charge in [-0.15, -0.1) is 0 Å². The van der Waals surface area contributed by atoms with Crippen molar-refractivity contribution in [2.24, 2.45) is 0 Å². The number of rotatable bonds is 4. The molecule has 6 nitrogen and oxygen atoms in total. The van der Waals surface area contributed by atoms with Crippen LogP contribution in [0.25, 0.3) is 0 Å². The Morgan fingerprint density at radius 3 is 3.00 bits per heavy atom. The maximum Gasteiger partial charge on any atom is 0.259 e. The Morgan fingerprint density at radius 1 is 1.39 bits per heavy atom. The fourth-order valence-corrected chi connectivity index (χ4v) is 2.66. The number of carbonyl (C=O) groups excluding carboxylic acids is 1. The minimum Gasteiger partial charge on any atom is -0.440 e. The number of aromatic amines is 2. The van der Waals surface area contributed by atoms with Crippen molar-refractivity contribution in [3.63, 3.8) is 0 Å². The second-order valence-corrected chi connectivity index (χ2v) is 5.83. The number of amides is 1. The normalized spacial score (nSPS) is 12.0. The standard InChI is InChI=1S/C16H17N3O3S/c1-2-3-6-17-13(20)9-4-5-12-10(7-9)8-11-14(21)18-16(23)19-15(11)22-12/h4-5,7H,2-3,6,8H2,1H3,(H,17,20)(H2,18,19,21,23). The molecule has 0 fully saturated rings. The van der Waals surface area contributed by atoms with Gasteiger partial charge in [0.1, 0.15) is 5.75 Å². The maximum atomic E-state index is 12.1. The van der Waals surface area contributed by atoms with Crippen molar-refractivity contribution >= 4 is 18.1 Å². The largest absolute Gasteiger partial charge is 0.440 e. The molecule has 3 rings (SSSR count). The van der Waals surface area contributed by atoms with Crippen molar-refractivity contribution in [1.82, 2.24) is 15.3 Å². The number of benzene rings is 1. The third-order valence-corrected chi connectivity index (χ3v) is 3.92. The number of hydrogen-bond donors (Lipinski definition) is 3. The minimum atomic E-state index is -0.271. The monoisotopic (exact) mass is 331 g/mol. The van der Waals surface area contributed by atoms with Crippen LogP contribution >= 0.6 is 12.2 Å². The fourth-order valence-electron chi connectivity index (χ4n) is 2.48. The van der Waals surface area contributed by atoms with Gasteiger partial charge < -0.3 is 15.0 Å². The van der Waals surface area contributed by atoms with Gasteiger partial charge in [-0.05, 0) is 36.8 Å². The lowest BCUT2D eigenvalue weighted by Gasteiger charge is -2.19. The predicted molar refractivity (Wildman–Crippen MR) is 88.8 cm³/mol. The number of aromatic nitrogens is 2. The summed E-state index contributed by atoms with van der Waals surface area (Å²) >= 11 is 4.95. The van der Waals surface area contributed by atoms with Gasteiger partial charge in [-0.3, -0.25) is 14.6 Å². The lowest BCUT2D eigenvalue weighted by Crippen LogP contribution is -2.25. The number of unbranched alkanes of at least 4 members (excludes halogenated alkanes) is 1. The Kier molecular flexibility index (Phi) is 4.29. The van der Waals surface area contributed by atoms with Crippen molar-refractivity contribution in [1.29, 1.82) is 0 Å². The summed E-state index contributed by atoms with van der Waals surface area (Å²) in [4.78, 5) is 29.5. The molecule has 0 radical (unpaired) electrons. The van der Waals surface area contributed by atoms with E-state index in [4.69, 9.17) is 17.0 Å². The summed E-state index contributed by atoms with van der Waals surface area (Å²) in [5.74, 6) is 0.874. The first-order chi connectivity index (χ1) is 11.1. The Hall–Kier alpha value is -2.41. The molecule has 3 N–H and O–H groups in total. The second kappa shape index (κ2) is 6.37. The van der Waals surface area contributed by atoms with Crippen LogP contribution in [0.15, 0.2) is 23.0 Å². The van der Waals surface area contributed by atoms with Crippen molar-refractivity contribution < 1.29 is 9.53 Å². The number of nitrogens with one attached hydrogen (secondary N) is 3. The SMILES string of the molecule is CCCCNC(=O)c1ccc2c(c1)Cc1c([nH]c(=S)[nH]c1=O)O2. The Bertz CT molecular complexity index is 870. The summed E-state index contributed by atoms with van der Waals surface area (Å²) in [5.41, 5.74) is 1.57. The van der Waals surface area contributed by atoms with E-state index in [1.165, 1.54) is 0 Å². The van der Waals surface area contributed by atoms with Gasteiger partial charge >= 0.3 is 0 Å². The van der Waals surface area contributed by atoms with Crippen LogP contribution < -0.4 is 15.6 Å². The molecule has 0 spiro atoms. The molecule has 120 valence electrons. The van der Waals surface area contributed by atoms with Crippen LogP contribution in [0.1, 0.15) is 41.3 Å². The molecule has 2 aromatic rings. The molecule has 0 saturated carbocycles. The third-order valence-electron chi connectivity index (χ3n) is 3.72. The fraction of sp³-hybridized carbons (Fsp3) is 0.312. The van der Waals surface area contributed by atoms with E-state index in [2.05, 4.69) is 22.2 Å². The quantitative estimate of drug-likeness (QED) is 0.507. The first-order valence-corrected chi connectivity index (χ1v) is 7.93. The number of fused-ring (bicyclic) bond motifs is 2. The molecule has 0 aliphatic carbocycles. The van der Waals surface area contributed by atoms with Crippen LogP contribution in [0.2, 0.25) is 0 Å². The second-order valence-electron chi connectivity index (χ2n) is 5.43. The van der Waals surface area contributed by atoms with Gasteiger partial charge in [0.25, 0.3) is 11.5 Å². The molecule has 1 aliphatic heterocycles. The Labute approximate surface area is 137 Å². The van der Waals surface area contributed by atoms with Gasteiger partial charge in [-0.1, -0.05) is 13.3 Å². The first kappa shape index (κ1) is 15.5. The van der Waals surface area contributed by atoms with E-state index in [0.717, 1.165) is 18.4 Å². The number of ether oxygens (including phenoxy) is 1. The van der Waals surface area contributed by atoms with Gasteiger partial charge in [0.15, 0.2) is 4.77 Å². The highest BCUT2D eigenvalue weighted by Gasteiger charge is 2.21. The lowest BCUT2D eigenvalue weighted by atomic mass is 10.0. The maximum absolute atomic E-state index is 12.1. The molecule has 0 saturated heterocycles. The van der Waals surface area contributed by atoms with Crippen LogP contribution in [-0.2, 0) is 6.42 Å². The summed E-state index contributed by atoms with van der Waals surface area (Å²) in [7, 11) is 0. The van der Waals surface area contributed by atoms with E-state index in [-0.39, 0.29) is 16.2 Å². The van der Waals surface area contributed by atoms with Crippen molar-refractivity contribution in [3.05, 3.63) is 50.0 Å². The van der Waals surface area contributed by atoms with Crippen LogP contribution in [0.5, 0.6) is 11.6 Å². The van der Waals surface area contributed by atoms with Gasteiger partial charge in [-0.25, -0.2) is 0 Å². The summed E-state index contributed by atoms with van der Waals surface area (Å²) in [6.07, 6.45) is 2.36. The Balaban J connectivity index is 1.87. The molecule has 0 atom stereocenters. The van der Waals surface area contributed by atoms with Crippen LogP contribution in [0.4, 0.5) is 0 Å². The average molecular weight is 331 g/mol. The first-order valence-electron chi connectivity index (χ1n) is 7.53. The molecular weight excluding hydrogens is 314 g/mol. The zero-order valence-corrected chi connectivity index (χ0v) is 13.5. The van der Waals surface area contributed by atoms with E-state index >= 15 is 0 Å². The predicted octanol–water partition coefficient (Wildman–Crippen LogP) is 2.66. The van der Waals surface area contributed by atoms with Gasteiger partial charge in [0.05, 0.1) is 5.56 Å². The highest BCUT2D eigenvalue weighted by atomic mass is 32.1. The van der Waals surface area contributed by atoms with Crippen LogP contribution in [0, 0.1) is 4.77 Å². The van der Waals surface area contributed by atoms with Gasteiger partial charge in [0, 0.05) is 24.1 Å². The topological polar surface area (TPSA) is 87.0 Å². The van der Waals surface area contributed by atoms with Crippen LogP contribution in [0.3, 0.4) is 0 Å². The van der Waals surface area contributed by atoms with Crippen molar-refractivity contribution in [2.45, 2.75) is 26.2 Å². The molecule has 1 aromatic carbocycles. The van der Waals surface area contributed by atoms with E-state index in [1.54, 1.807) is 18.2 Å². The van der Waals surface area contributed by atoms with E-state index < -0.39 is 0 Å². The molecule has 0 bridgehead atoms. The number of carbonyl (C=O) groups is 1. The molecule has 7 heteroatoms. The smallest absolute Gasteiger partial charge is 0.259 e. The summed E-state index contributed by atoms with van der Waals surface area (Å²) in [6, 6.07) is 5.22.